The molecule has 8 nitrogen and oxygen atoms in total. The van der Waals surface area contributed by atoms with Crippen LogP contribution in [0.3, 0.4) is 0 Å². The third kappa shape index (κ3) is 4.21. The lowest BCUT2D eigenvalue weighted by Crippen LogP contribution is -2.37. The van der Waals surface area contributed by atoms with Crippen LogP contribution in [-0.4, -0.2) is 38.6 Å². The number of carbonyl (C=O) groups is 2. The quantitative estimate of drug-likeness (QED) is 0.531. The molecule has 0 aliphatic carbocycles. The van der Waals surface area contributed by atoms with Crippen molar-refractivity contribution in [3.8, 4) is 0 Å². The predicted octanol–water partition coefficient (Wildman–Crippen LogP) is -0.360. The van der Waals surface area contributed by atoms with Crippen LogP contribution in [0.1, 0.15) is 15.9 Å². The van der Waals surface area contributed by atoms with Crippen molar-refractivity contribution in [1.29, 1.82) is 0 Å². The first-order valence-corrected chi connectivity index (χ1v) is 7.09. The van der Waals surface area contributed by atoms with E-state index in [0.717, 1.165) is 6.07 Å². The van der Waals surface area contributed by atoms with Gasteiger partial charge in [0, 0.05) is 13.1 Å². The summed E-state index contributed by atoms with van der Waals surface area (Å²) in [6.45, 7) is 1.55. The number of aromatic carboxylic acids is 1. The number of hydrogen-bond donors (Lipinski definition) is 4. The Morgan fingerprint density at radius 3 is 2.50 bits per heavy atom. The second kappa shape index (κ2) is 6.35. The van der Waals surface area contributed by atoms with E-state index in [2.05, 4.69) is 10.0 Å². The summed E-state index contributed by atoms with van der Waals surface area (Å²) in [4.78, 5) is 21.2. The number of primary amides is 1. The number of aryl methyl sites for hydroxylation is 1. The molecular formula is C11H15N3O5S. The van der Waals surface area contributed by atoms with Crippen molar-refractivity contribution in [3.63, 3.8) is 0 Å². The van der Waals surface area contributed by atoms with Gasteiger partial charge in [0.2, 0.25) is 10.0 Å². The maximum atomic E-state index is 11.9. The van der Waals surface area contributed by atoms with Gasteiger partial charge in [0.25, 0.3) is 0 Å². The number of amides is 2. The number of carboxylic acids is 1. The van der Waals surface area contributed by atoms with E-state index in [9.17, 15) is 18.0 Å². The zero-order valence-electron chi connectivity index (χ0n) is 10.7. The average Bonchev–Trinajstić information content (AvgIpc) is 2.34. The van der Waals surface area contributed by atoms with Crippen LogP contribution in [0.25, 0.3) is 0 Å². The summed E-state index contributed by atoms with van der Waals surface area (Å²) in [7, 11) is -3.84. The molecule has 0 saturated heterocycles. The number of urea groups is 1. The van der Waals surface area contributed by atoms with Crippen LogP contribution in [0, 0.1) is 6.92 Å². The lowest BCUT2D eigenvalue weighted by molar-refractivity contribution is 0.0696. The normalized spacial score (nSPS) is 11.1. The largest absolute Gasteiger partial charge is 0.478 e. The third-order valence-corrected chi connectivity index (χ3v) is 3.92. The maximum absolute atomic E-state index is 11.9. The summed E-state index contributed by atoms with van der Waals surface area (Å²) in [6.07, 6.45) is 0. The number of benzene rings is 1. The molecule has 0 heterocycles. The molecular weight excluding hydrogens is 286 g/mol. The van der Waals surface area contributed by atoms with Gasteiger partial charge in [-0.05, 0) is 24.6 Å². The molecule has 0 spiro atoms. The molecule has 1 aromatic carbocycles. The Kier molecular flexibility index (Phi) is 5.06. The van der Waals surface area contributed by atoms with Crippen molar-refractivity contribution in [2.24, 2.45) is 5.73 Å². The minimum Gasteiger partial charge on any atom is -0.478 e. The van der Waals surface area contributed by atoms with Crippen LogP contribution in [-0.2, 0) is 10.0 Å². The van der Waals surface area contributed by atoms with E-state index in [1.54, 1.807) is 6.92 Å². The number of hydrogen-bond acceptors (Lipinski definition) is 4. The van der Waals surface area contributed by atoms with E-state index < -0.39 is 22.0 Å². The van der Waals surface area contributed by atoms with Gasteiger partial charge in [0.15, 0.2) is 0 Å². The minimum absolute atomic E-state index is 0.0339. The van der Waals surface area contributed by atoms with Gasteiger partial charge in [-0.2, -0.15) is 0 Å². The molecule has 0 saturated carbocycles. The Morgan fingerprint density at radius 1 is 1.30 bits per heavy atom. The van der Waals surface area contributed by atoms with E-state index in [0.29, 0.717) is 5.56 Å². The molecule has 0 fully saturated rings. The van der Waals surface area contributed by atoms with E-state index in [-0.39, 0.29) is 23.5 Å². The number of sulfonamides is 1. The summed E-state index contributed by atoms with van der Waals surface area (Å²) in [5.41, 5.74) is 5.21. The molecule has 0 radical (unpaired) electrons. The molecule has 0 atom stereocenters. The molecule has 0 aliphatic heterocycles. The summed E-state index contributed by atoms with van der Waals surface area (Å²) in [5, 5.41) is 11.2. The fraction of sp³-hybridized carbons (Fsp3) is 0.273. The number of nitrogens with one attached hydrogen (secondary N) is 2. The lowest BCUT2D eigenvalue weighted by atomic mass is 10.1. The highest BCUT2D eigenvalue weighted by Gasteiger charge is 2.17. The van der Waals surface area contributed by atoms with Crippen molar-refractivity contribution >= 4 is 22.0 Å². The van der Waals surface area contributed by atoms with Gasteiger partial charge in [-0.15, -0.1) is 0 Å². The van der Waals surface area contributed by atoms with Gasteiger partial charge in [-0.1, -0.05) is 6.07 Å². The number of rotatable bonds is 6. The van der Waals surface area contributed by atoms with Gasteiger partial charge < -0.3 is 16.2 Å². The number of nitrogens with two attached hydrogens (primary N) is 1. The van der Waals surface area contributed by atoms with E-state index in [1.807, 2.05) is 0 Å². The predicted molar refractivity (Wildman–Crippen MR) is 70.9 cm³/mol. The first-order valence-electron chi connectivity index (χ1n) is 5.61. The smallest absolute Gasteiger partial charge is 0.335 e. The van der Waals surface area contributed by atoms with Crippen molar-refractivity contribution in [2.45, 2.75) is 11.8 Å². The van der Waals surface area contributed by atoms with Gasteiger partial charge in [0.05, 0.1) is 10.5 Å². The molecule has 0 unspecified atom stereocenters. The number of carbonyl (C=O) groups excluding carboxylic acids is 1. The second-order valence-electron chi connectivity index (χ2n) is 3.97. The molecule has 2 amide bonds. The summed E-state index contributed by atoms with van der Waals surface area (Å²) >= 11 is 0. The molecule has 9 heteroatoms. The van der Waals surface area contributed by atoms with Crippen LogP contribution in [0.4, 0.5) is 4.79 Å². The Labute approximate surface area is 116 Å². The molecule has 110 valence electrons. The standard InChI is InChI=1S/C11H15N3O5S/c1-7-2-3-8(6-9(7)10(15)16)20(18,19)14-5-4-13-11(12)17/h2-3,6,14H,4-5H2,1H3,(H,15,16)(H3,12,13,17). The lowest BCUT2D eigenvalue weighted by Gasteiger charge is -2.09. The van der Waals surface area contributed by atoms with Crippen molar-refractivity contribution in [1.82, 2.24) is 10.0 Å². The molecule has 5 N–H and O–H groups in total. The first-order chi connectivity index (χ1) is 9.24. The molecule has 0 aromatic heterocycles. The topological polar surface area (TPSA) is 139 Å². The molecule has 0 aliphatic rings. The Bertz CT molecular complexity index is 627. The zero-order chi connectivity index (χ0) is 15.3. The van der Waals surface area contributed by atoms with Crippen molar-refractivity contribution < 1.29 is 23.1 Å². The number of carboxylic acid groups (broad SMARTS) is 1. The fourth-order valence-corrected chi connectivity index (χ4v) is 2.51. The Balaban J connectivity index is 2.85. The highest BCUT2D eigenvalue weighted by Crippen LogP contribution is 2.15. The molecule has 1 rings (SSSR count). The monoisotopic (exact) mass is 301 g/mol. The highest BCUT2D eigenvalue weighted by atomic mass is 32.2. The second-order valence-corrected chi connectivity index (χ2v) is 5.74. The zero-order valence-corrected chi connectivity index (χ0v) is 11.5. The van der Waals surface area contributed by atoms with Crippen molar-refractivity contribution in [3.05, 3.63) is 29.3 Å². The van der Waals surface area contributed by atoms with Gasteiger partial charge in [-0.25, -0.2) is 22.7 Å². The van der Waals surface area contributed by atoms with Crippen LogP contribution in [0.5, 0.6) is 0 Å². The van der Waals surface area contributed by atoms with Crippen molar-refractivity contribution in [2.75, 3.05) is 13.1 Å². The fourth-order valence-electron chi connectivity index (χ4n) is 1.45. The van der Waals surface area contributed by atoms with E-state index in [1.165, 1.54) is 12.1 Å². The van der Waals surface area contributed by atoms with Gasteiger partial charge in [-0.3, -0.25) is 0 Å². The summed E-state index contributed by atoms with van der Waals surface area (Å²) in [6, 6.07) is 3.06. The van der Waals surface area contributed by atoms with Crippen LogP contribution < -0.4 is 15.8 Å². The van der Waals surface area contributed by atoms with E-state index in [4.69, 9.17) is 10.8 Å². The van der Waals surface area contributed by atoms with Gasteiger partial charge in [0.1, 0.15) is 0 Å². The first kappa shape index (κ1) is 15.9. The SMILES string of the molecule is Cc1ccc(S(=O)(=O)NCCNC(N)=O)cc1C(=O)O. The van der Waals surface area contributed by atoms with Crippen LogP contribution >= 0.6 is 0 Å². The Morgan fingerprint density at radius 2 is 1.95 bits per heavy atom. The maximum Gasteiger partial charge on any atom is 0.335 e. The highest BCUT2D eigenvalue weighted by molar-refractivity contribution is 7.89. The van der Waals surface area contributed by atoms with Crippen LogP contribution in [0.2, 0.25) is 0 Å². The minimum atomic E-state index is -3.84. The molecule has 20 heavy (non-hydrogen) atoms. The van der Waals surface area contributed by atoms with E-state index >= 15 is 0 Å². The molecule has 0 bridgehead atoms. The van der Waals surface area contributed by atoms with Crippen LogP contribution in [0.15, 0.2) is 23.1 Å². The summed E-state index contributed by atoms with van der Waals surface area (Å²) in [5.74, 6) is -1.20. The Hall–Kier alpha value is -2.13. The molecule has 1 aromatic rings. The summed E-state index contributed by atoms with van der Waals surface area (Å²) < 4.78 is 26.1. The third-order valence-electron chi connectivity index (χ3n) is 2.47. The average molecular weight is 301 g/mol. The van der Waals surface area contributed by atoms with Gasteiger partial charge >= 0.3 is 12.0 Å².